The fourth-order valence-electron chi connectivity index (χ4n) is 3.40. The summed E-state index contributed by atoms with van der Waals surface area (Å²) in [6, 6.07) is 11.3. The first-order chi connectivity index (χ1) is 16.1. The summed E-state index contributed by atoms with van der Waals surface area (Å²) in [5.41, 5.74) is -0.372. The standard InChI is InChI=1S/C24H17F4N3O3/c1-13(14-2-4-16(5-3-14)23(32)33)31-21-20-15(8-10-29-21)9-11-30-22(20)34-19-7-6-17(25)12-18(19)24(26,27)28/h2-13H,1H3,(H,29,31)(H,32,33). The van der Waals surface area contributed by atoms with Crippen molar-refractivity contribution in [2.75, 3.05) is 5.32 Å². The van der Waals surface area contributed by atoms with Gasteiger partial charge in [-0.2, -0.15) is 13.2 Å². The third-order valence-corrected chi connectivity index (χ3v) is 5.11. The van der Waals surface area contributed by atoms with Crippen molar-refractivity contribution in [3.05, 3.63) is 89.5 Å². The SMILES string of the molecule is CC(Nc1nccc2ccnc(Oc3ccc(F)cc3C(F)(F)F)c12)c1ccc(C(=O)O)cc1. The fourth-order valence-corrected chi connectivity index (χ4v) is 3.40. The van der Waals surface area contributed by atoms with Gasteiger partial charge in [0, 0.05) is 18.4 Å². The Morgan fingerprint density at radius 2 is 1.71 bits per heavy atom. The molecule has 1 unspecified atom stereocenters. The number of aromatic carboxylic acids is 1. The van der Waals surface area contributed by atoms with Gasteiger partial charge in [-0.05, 0) is 60.3 Å². The Hall–Kier alpha value is -4.21. The van der Waals surface area contributed by atoms with Crippen molar-refractivity contribution in [1.29, 1.82) is 0 Å². The molecule has 2 aromatic heterocycles. The Bertz CT molecular complexity index is 1350. The van der Waals surface area contributed by atoms with E-state index < -0.39 is 29.3 Å². The van der Waals surface area contributed by atoms with Crippen molar-refractivity contribution < 1.29 is 32.2 Å². The van der Waals surface area contributed by atoms with Gasteiger partial charge in [0.25, 0.3) is 0 Å². The topological polar surface area (TPSA) is 84.3 Å². The number of carboxylic acids is 1. The zero-order valence-corrected chi connectivity index (χ0v) is 17.6. The van der Waals surface area contributed by atoms with Crippen LogP contribution in [0.5, 0.6) is 11.6 Å². The Kier molecular flexibility index (Phi) is 6.06. The summed E-state index contributed by atoms with van der Waals surface area (Å²) in [7, 11) is 0. The summed E-state index contributed by atoms with van der Waals surface area (Å²) in [6.07, 6.45) is -1.93. The molecule has 0 radical (unpaired) electrons. The smallest absolute Gasteiger partial charge is 0.420 e. The number of nitrogens with one attached hydrogen (secondary N) is 1. The summed E-state index contributed by atoms with van der Waals surface area (Å²) >= 11 is 0. The molecular weight excluding hydrogens is 454 g/mol. The highest BCUT2D eigenvalue weighted by Gasteiger charge is 2.35. The predicted octanol–water partition coefficient (Wildman–Crippen LogP) is 6.45. The molecule has 0 aliphatic heterocycles. The van der Waals surface area contributed by atoms with Crippen LogP contribution in [0, 0.1) is 5.82 Å². The second-order valence-electron chi connectivity index (χ2n) is 7.41. The number of nitrogens with zero attached hydrogens (tertiary/aromatic N) is 2. The quantitative estimate of drug-likeness (QED) is 0.315. The van der Waals surface area contributed by atoms with Crippen molar-refractivity contribution in [2.45, 2.75) is 19.1 Å². The van der Waals surface area contributed by atoms with E-state index in [1.54, 1.807) is 24.3 Å². The molecule has 0 spiro atoms. The van der Waals surface area contributed by atoms with Gasteiger partial charge in [-0.3, -0.25) is 0 Å². The van der Waals surface area contributed by atoms with Crippen LogP contribution in [0.1, 0.15) is 34.5 Å². The molecular formula is C24H17F4N3O3. The number of anilines is 1. The van der Waals surface area contributed by atoms with Gasteiger partial charge in [0.15, 0.2) is 0 Å². The maximum absolute atomic E-state index is 13.5. The summed E-state index contributed by atoms with van der Waals surface area (Å²) in [6.45, 7) is 1.81. The molecule has 1 atom stereocenters. The average molecular weight is 471 g/mol. The second-order valence-corrected chi connectivity index (χ2v) is 7.41. The highest BCUT2D eigenvalue weighted by atomic mass is 19.4. The molecule has 174 valence electrons. The van der Waals surface area contributed by atoms with Crippen LogP contribution in [0.3, 0.4) is 0 Å². The van der Waals surface area contributed by atoms with Gasteiger partial charge in [-0.25, -0.2) is 19.2 Å². The number of hydrogen-bond donors (Lipinski definition) is 2. The van der Waals surface area contributed by atoms with Crippen molar-refractivity contribution in [3.8, 4) is 11.6 Å². The van der Waals surface area contributed by atoms with Gasteiger partial charge in [0.2, 0.25) is 5.88 Å². The lowest BCUT2D eigenvalue weighted by Gasteiger charge is -2.18. The van der Waals surface area contributed by atoms with Crippen LogP contribution in [0.15, 0.2) is 67.0 Å². The van der Waals surface area contributed by atoms with E-state index in [-0.39, 0.29) is 17.5 Å². The van der Waals surface area contributed by atoms with Crippen LogP contribution in [0.25, 0.3) is 10.8 Å². The first-order valence-corrected chi connectivity index (χ1v) is 10.0. The first-order valence-electron chi connectivity index (χ1n) is 10.0. The third-order valence-electron chi connectivity index (χ3n) is 5.11. The highest BCUT2D eigenvalue weighted by molar-refractivity contribution is 5.96. The van der Waals surface area contributed by atoms with Gasteiger partial charge in [0.1, 0.15) is 22.9 Å². The minimum absolute atomic E-state index is 0.138. The maximum Gasteiger partial charge on any atom is 0.420 e. The Morgan fingerprint density at radius 1 is 1.03 bits per heavy atom. The number of aromatic nitrogens is 2. The van der Waals surface area contributed by atoms with Gasteiger partial charge in [-0.1, -0.05) is 12.1 Å². The molecule has 10 heteroatoms. The van der Waals surface area contributed by atoms with Crippen LogP contribution >= 0.6 is 0 Å². The normalized spacial score (nSPS) is 12.4. The molecule has 2 heterocycles. The minimum atomic E-state index is -4.84. The molecule has 0 bridgehead atoms. The summed E-state index contributed by atoms with van der Waals surface area (Å²) in [5, 5.41) is 13.2. The maximum atomic E-state index is 13.5. The lowest BCUT2D eigenvalue weighted by Crippen LogP contribution is -2.10. The number of alkyl halides is 3. The summed E-state index contributed by atoms with van der Waals surface area (Å²) in [5.74, 6) is -2.53. The Balaban J connectivity index is 1.72. The number of ether oxygens (including phenoxy) is 1. The molecule has 4 rings (SSSR count). The van der Waals surface area contributed by atoms with Crippen LogP contribution < -0.4 is 10.1 Å². The van der Waals surface area contributed by atoms with Crippen LogP contribution in [-0.2, 0) is 6.18 Å². The number of benzene rings is 2. The molecule has 2 aromatic carbocycles. The van der Waals surface area contributed by atoms with Crippen LogP contribution in [0.4, 0.5) is 23.4 Å². The lowest BCUT2D eigenvalue weighted by molar-refractivity contribution is -0.138. The second kappa shape index (κ2) is 8.97. The van der Waals surface area contributed by atoms with Gasteiger partial charge in [-0.15, -0.1) is 0 Å². The van der Waals surface area contributed by atoms with Gasteiger partial charge in [0.05, 0.1) is 10.9 Å². The molecule has 0 amide bonds. The lowest BCUT2D eigenvalue weighted by atomic mass is 10.1. The number of fused-ring (bicyclic) bond motifs is 1. The average Bonchev–Trinajstić information content (AvgIpc) is 2.80. The van der Waals surface area contributed by atoms with E-state index in [1.165, 1.54) is 24.5 Å². The molecule has 6 nitrogen and oxygen atoms in total. The van der Waals surface area contributed by atoms with E-state index in [9.17, 15) is 22.4 Å². The number of carbonyl (C=O) groups is 1. The van der Waals surface area contributed by atoms with Crippen molar-refractivity contribution in [2.24, 2.45) is 0 Å². The number of halogens is 4. The molecule has 0 aliphatic carbocycles. The first kappa shape index (κ1) is 23.0. The van der Waals surface area contributed by atoms with E-state index >= 15 is 0 Å². The zero-order chi connectivity index (χ0) is 24.5. The monoisotopic (exact) mass is 471 g/mol. The van der Waals surface area contributed by atoms with Crippen LogP contribution in [-0.4, -0.2) is 21.0 Å². The third kappa shape index (κ3) is 4.75. The zero-order valence-electron chi connectivity index (χ0n) is 17.6. The Labute approximate surface area is 190 Å². The largest absolute Gasteiger partial charge is 0.478 e. The van der Waals surface area contributed by atoms with Crippen molar-refractivity contribution in [3.63, 3.8) is 0 Å². The number of carboxylic acid groups (broad SMARTS) is 1. The molecule has 2 N–H and O–H groups in total. The number of pyridine rings is 2. The molecule has 4 aromatic rings. The summed E-state index contributed by atoms with van der Waals surface area (Å²) < 4.78 is 59.3. The molecule has 0 saturated heterocycles. The number of hydrogen-bond acceptors (Lipinski definition) is 5. The van der Waals surface area contributed by atoms with E-state index in [2.05, 4.69) is 15.3 Å². The van der Waals surface area contributed by atoms with E-state index in [4.69, 9.17) is 9.84 Å². The number of rotatable bonds is 6. The fraction of sp³-hybridized carbons (Fsp3) is 0.125. The molecule has 34 heavy (non-hydrogen) atoms. The Morgan fingerprint density at radius 3 is 2.35 bits per heavy atom. The molecule has 0 fully saturated rings. The molecule has 0 aliphatic rings. The molecule has 0 saturated carbocycles. The predicted molar refractivity (Wildman–Crippen MR) is 116 cm³/mol. The van der Waals surface area contributed by atoms with Crippen molar-refractivity contribution in [1.82, 2.24) is 9.97 Å². The van der Waals surface area contributed by atoms with Crippen molar-refractivity contribution >= 4 is 22.6 Å². The highest BCUT2D eigenvalue weighted by Crippen LogP contribution is 2.40. The van der Waals surface area contributed by atoms with E-state index in [0.29, 0.717) is 22.7 Å². The van der Waals surface area contributed by atoms with Gasteiger partial charge < -0.3 is 15.2 Å². The van der Waals surface area contributed by atoms with E-state index in [1.807, 2.05) is 6.92 Å². The minimum Gasteiger partial charge on any atom is -0.478 e. The van der Waals surface area contributed by atoms with Gasteiger partial charge >= 0.3 is 12.1 Å². The van der Waals surface area contributed by atoms with E-state index in [0.717, 1.165) is 17.7 Å². The summed E-state index contributed by atoms with van der Waals surface area (Å²) in [4.78, 5) is 19.5. The van der Waals surface area contributed by atoms with Crippen LogP contribution in [0.2, 0.25) is 0 Å².